The summed E-state index contributed by atoms with van der Waals surface area (Å²) in [4.78, 5) is 4.26. The molecule has 0 saturated carbocycles. The lowest BCUT2D eigenvalue weighted by Crippen LogP contribution is -2.20. The Bertz CT molecular complexity index is 442. The summed E-state index contributed by atoms with van der Waals surface area (Å²) in [5.74, 6) is 0. The van der Waals surface area contributed by atoms with E-state index in [1.165, 1.54) is 20.2 Å². The van der Waals surface area contributed by atoms with E-state index in [1.54, 1.807) is 0 Å². The van der Waals surface area contributed by atoms with E-state index < -0.39 is 0 Å². The van der Waals surface area contributed by atoms with Crippen LogP contribution in [0.3, 0.4) is 0 Å². The lowest BCUT2D eigenvalue weighted by molar-refractivity contribution is 0.646. The van der Waals surface area contributed by atoms with Crippen LogP contribution in [0.15, 0.2) is 23.6 Å². The van der Waals surface area contributed by atoms with Crippen LogP contribution < -0.4 is 5.32 Å². The van der Waals surface area contributed by atoms with Crippen LogP contribution >= 0.6 is 22.7 Å². The Morgan fingerprint density at radius 2 is 2.19 bits per heavy atom. The van der Waals surface area contributed by atoms with Gasteiger partial charge in [0.05, 0.1) is 6.04 Å². The summed E-state index contributed by atoms with van der Waals surface area (Å²) in [6.07, 6.45) is 0. The molecule has 1 unspecified atom stereocenters. The van der Waals surface area contributed by atoms with E-state index in [-0.39, 0.29) is 0 Å². The van der Waals surface area contributed by atoms with Crippen molar-refractivity contribution in [2.24, 2.45) is 0 Å². The number of hydrogen-bond acceptors (Lipinski definition) is 3. The standard InChI is InChI=1S/C13H17NS2/c1-4-14-12(11-6-5-7-15-11)13-9(2)8-10(3)16-13/h5-8,12,14H,4H2,1-3H3. The topological polar surface area (TPSA) is 12.0 Å². The Hall–Kier alpha value is -0.640. The summed E-state index contributed by atoms with van der Waals surface area (Å²) in [5.41, 5.74) is 1.40. The van der Waals surface area contributed by atoms with Crippen LogP contribution in [0.25, 0.3) is 0 Å². The number of aryl methyl sites for hydroxylation is 2. The first kappa shape index (κ1) is 11.8. The Kier molecular flexibility index (Phi) is 3.79. The molecule has 0 aromatic carbocycles. The number of thiophene rings is 2. The molecule has 0 aliphatic heterocycles. The third-order valence-corrected chi connectivity index (χ3v) is 4.73. The Labute approximate surface area is 105 Å². The third kappa shape index (κ3) is 2.37. The van der Waals surface area contributed by atoms with Gasteiger partial charge >= 0.3 is 0 Å². The highest BCUT2D eigenvalue weighted by Gasteiger charge is 2.18. The van der Waals surface area contributed by atoms with Gasteiger partial charge in [-0.2, -0.15) is 0 Å². The zero-order valence-corrected chi connectivity index (χ0v) is 11.5. The number of nitrogens with one attached hydrogen (secondary N) is 1. The fourth-order valence-corrected chi connectivity index (χ4v) is 3.94. The first-order valence-electron chi connectivity index (χ1n) is 5.56. The van der Waals surface area contributed by atoms with Gasteiger partial charge in [-0.3, -0.25) is 0 Å². The van der Waals surface area contributed by atoms with E-state index in [4.69, 9.17) is 0 Å². The summed E-state index contributed by atoms with van der Waals surface area (Å²) < 4.78 is 0. The normalized spacial score (nSPS) is 12.9. The fourth-order valence-electron chi connectivity index (χ4n) is 1.93. The molecule has 0 radical (unpaired) electrons. The molecule has 0 saturated heterocycles. The molecule has 2 rings (SSSR count). The second-order valence-electron chi connectivity index (χ2n) is 3.91. The maximum atomic E-state index is 3.58. The summed E-state index contributed by atoms with van der Waals surface area (Å²) >= 11 is 3.73. The zero-order valence-electron chi connectivity index (χ0n) is 9.91. The molecule has 0 amide bonds. The van der Waals surface area contributed by atoms with Crippen molar-refractivity contribution in [1.82, 2.24) is 5.32 Å². The van der Waals surface area contributed by atoms with Crippen molar-refractivity contribution >= 4 is 22.7 Å². The number of hydrogen-bond donors (Lipinski definition) is 1. The van der Waals surface area contributed by atoms with Crippen molar-refractivity contribution in [3.8, 4) is 0 Å². The molecule has 2 aromatic rings. The van der Waals surface area contributed by atoms with Crippen molar-refractivity contribution in [3.63, 3.8) is 0 Å². The molecule has 86 valence electrons. The van der Waals surface area contributed by atoms with E-state index in [0.29, 0.717) is 6.04 Å². The third-order valence-electron chi connectivity index (χ3n) is 2.58. The maximum Gasteiger partial charge on any atom is 0.0767 e. The quantitative estimate of drug-likeness (QED) is 0.861. The highest BCUT2D eigenvalue weighted by atomic mass is 32.1. The molecule has 3 heteroatoms. The molecule has 0 bridgehead atoms. The van der Waals surface area contributed by atoms with Gasteiger partial charge < -0.3 is 5.32 Å². The van der Waals surface area contributed by atoms with Crippen molar-refractivity contribution in [2.45, 2.75) is 26.8 Å². The van der Waals surface area contributed by atoms with Gasteiger partial charge in [-0.1, -0.05) is 13.0 Å². The summed E-state index contributed by atoms with van der Waals surface area (Å²) in [6.45, 7) is 7.55. The molecule has 0 aliphatic carbocycles. The fraction of sp³-hybridized carbons (Fsp3) is 0.385. The lowest BCUT2D eigenvalue weighted by atomic mass is 10.1. The smallest absolute Gasteiger partial charge is 0.0767 e. The predicted molar refractivity (Wildman–Crippen MR) is 73.6 cm³/mol. The molecular formula is C13H17NS2. The van der Waals surface area contributed by atoms with Gasteiger partial charge in [0.25, 0.3) is 0 Å². The summed E-state index contributed by atoms with van der Waals surface area (Å²) in [5, 5.41) is 5.72. The van der Waals surface area contributed by atoms with Gasteiger partial charge in [0, 0.05) is 14.6 Å². The summed E-state index contributed by atoms with van der Waals surface area (Å²) in [6, 6.07) is 6.99. The highest BCUT2D eigenvalue weighted by Crippen LogP contribution is 2.33. The van der Waals surface area contributed by atoms with E-state index in [1.807, 2.05) is 22.7 Å². The highest BCUT2D eigenvalue weighted by molar-refractivity contribution is 7.13. The zero-order chi connectivity index (χ0) is 11.5. The van der Waals surface area contributed by atoms with Crippen LogP contribution in [0.5, 0.6) is 0 Å². The molecule has 2 aromatic heterocycles. The molecular weight excluding hydrogens is 234 g/mol. The van der Waals surface area contributed by atoms with E-state index >= 15 is 0 Å². The lowest BCUT2D eigenvalue weighted by Gasteiger charge is -2.16. The summed E-state index contributed by atoms with van der Waals surface area (Å²) in [7, 11) is 0. The van der Waals surface area contributed by atoms with Gasteiger partial charge in [-0.05, 0) is 43.5 Å². The van der Waals surface area contributed by atoms with Crippen LogP contribution in [0, 0.1) is 13.8 Å². The average molecular weight is 251 g/mol. The van der Waals surface area contributed by atoms with Gasteiger partial charge in [0.15, 0.2) is 0 Å². The van der Waals surface area contributed by atoms with E-state index in [9.17, 15) is 0 Å². The van der Waals surface area contributed by atoms with E-state index in [2.05, 4.69) is 49.7 Å². The van der Waals surface area contributed by atoms with Crippen LogP contribution in [0.2, 0.25) is 0 Å². The van der Waals surface area contributed by atoms with Crippen LogP contribution in [-0.4, -0.2) is 6.54 Å². The average Bonchev–Trinajstić information content (AvgIpc) is 2.85. The maximum absolute atomic E-state index is 3.58. The number of rotatable bonds is 4. The molecule has 0 fully saturated rings. The van der Waals surface area contributed by atoms with E-state index in [0.717, 1.165) is 6.54 Å². The van der Waals surface area contributed by atoms with Crippen molar-refractivity contribution < 1.29 is 0 Å². The first-order valence-corrected chi connectivity index (χ1v) is 7.25. The molecule has 1 atom stereocenters. The van der Waals surface area contributed by atoms with Crippen molar-refractivity contribution in [2.75, 3.05) is 6.54 Å². The molecule has 1 nitrogen and oxygen atoms in total. The first-order chi connectivity index (χ1) is 7.72. The molecule has 0 spiro atoms. The van der Waals surface area contributed by atoms with Gasteiger partial charge in [0.2, 0.25) is 0 Å². The molecule has 1 N–H and O–H groups in total. The minimum absolute atomic E-state index is 0.378. The Balaban J connectivity index is 2.36. The van der Waals surface area contributed by atoms with Crippen LogP contribution in [0.1, 0.15) is 33.2 Å². The van der Waals surface area contributed by atoms with Crippen molar-refractivity contribution in [1.29, 1.82) is 0 Å². The van der Waals surface area contributed by atoms with Gasteiger partial charge in [-0.25, -0.2) is 0 Å². The van der Waals surface area contributed by atoms with Gasteiger partial charge in [0.1, 0.15) is 0 Å². The second kappa shape index (κ2) is 5.13. The Morgan fingerprint density at radius 3 is 2.69 bits per heavy atom. The Morgan fingerprint density at radius 1 is 1.38 bits per heavy atom. The minimum Gasteiger partial charge on any atom is -0.305 e. The molecule has 16 heavy (non-hydrogen) atoms. The SMILES string of the molecule is CCNC(c1cccs1)c1sc(C)cc1C. The second-order valence-corrected chi connectivity index (χ2v) is 6.18. The monoisotopic (exact) mass is 251 g/mol. The minimum atomic E-state index is 0.378. The predicted octanol–water partition coefficient (Wildman–Crippen LogP) is 4.13. The molecule has 2 heterocycles. The molecule has 0 aliphatic rings. The van der Waals surface area contributed by atoms with Crippen LogP contribution in [0.4, 0.5) is 0 Å². The van der Waals surface area contributed by atoms with Crippen molar-refractivity contribution in [3.05, 3.63) is 43.8 Å². The largest absolute Gasteiger partial charge is 0.305 e. The van der Waals surface area contributed by atoms with Crippen LogP contribution in [-0.2, 0) is 0 Å². The van der Waals surface area contributed by atoms with Gasteiger partial charge in [-0.15, -0.1) is 22.7 Å².